The van der Waals surface area contributed by atoms with Crippen LogP contribution in [0.1, 0.15) is 16.1 Å². The minimum atomic E-state index is -0.426. The zero-order valence-corrected chi connectivity index (χ0v) is 12.3. The molecule has 0 bridgehead atoms. The van der Waals surface area contributed by atoms with Crippen molar-refractivity contribution in [1.82, 2.24) is 4.98 Å². The van der Waals surface area contributed by atoms with Gasteiger partial charge in [0.1, 0.15) is 17.6 Å². The molecule has 23 heavy (non-hydrogen) atoms. The standard InChI is InChI=1S/C16H15FN4O2/c17-12-6-13(8-14(7-12)21-1-3-23-4-2-21)20-16(22)15-5-11(9-18)10-19-15/h5-8,10,19H,1-4H2,(H,20,22). The normalized spacial score (nSPS) is 14.3. The van der Waals surface area contributed by atoms with Crippen LogP contribution >= 0.6 is 0 Å². The van der Waals surface area contributed by atoms with E-state index >= 15 is 0 Å². The van der Waals surface area contributed by atoms with Gasteiger partial charge in [0, 0.05) is 30.7 Å². The van der Waals surface area contributed by atoms with Crippen LogP contribution in [0, 0.1) is 17.1 Å². The molecular weight excluding hydrogens is 299 g/mol. The Morgan fingerprint density at radius 3 is 2.78 bits per heavy atom. The van der Waals surface area contributed by atoms with Gasteiger partial charge in [0.05, 0.1) is 18.8 Å². The third-order valence-electron chi connectivity index (χ3n) is 3.57. The lowest BCUT2D eigenvalue weighted by Crippen LogP contribution is -2.36. The van der Waals surface area contributed by atoms with Crippen LogP contribution < -0.4 is 10.2 Å². The molecule has 6 nitrogen and oxygen atoms in total. The number of carbonyl (C=O) groups is 1. The molecule has 0 spiro atoms. The Bertz CT molecular complexity index is 760. The number of halogens is 1. The highest BCUT2D eigenvalue weighted by Crippen LogP contribution is 2.23. The van der Waals surface area contributed by atoms with Gasteiger partial charge in [0.25, 0.3) is 5.91 Å². The molecule has 1 saturated heterocycles. The topological polar surface area (TPSA) is 81.1 Å². The first kappa shape index (κ1) is 15.1. The van der Waals surface area contributed by atoms with Gasteiger partial charge in [-0.3, -0.25) is 4.79 Å². The van der Waals surface area contributed by atoms with E-state index in [4.69, 9.17) is 10.00 Å². The predicted molar refractivity (Wildman–Crippen MR) is 82.9 cm³/mol. The van der Waals surface area contributed by atoms with Gasteiger partial charge >= 0.3 is 0 Å². The lowest BCUT2D eigenvalue weighted by Gasteiger charge is -2.29. The minimum Gasteiger partial charge on any atom is -0.378 e. The summed E-state index contributed by atoms with van der Waals surface area (Å²) in [7, 11) is 0. The fraction of sp³-hybridized carbons (Fsp3) is 0.250. The van der Waals surface area contributed by atoms with E-state index in [-0.39, 0.29) is 5.69 Å². The number of H-pyrrole nitrogens is 1. The van der Waals surface area contributed by atoms with Gasteiger partial charge in [-0.15, -0.1) is 0 Å². The molecule has 1 amide bonds. The minimum absolute atomic E-state index is 0.249. The number of morpholine rings is 1. The second-order valence-electron chi connectivity index (χ2n) is 5.17. The summed E-state index contributed by atoms with van der Waals surface area (Å²) < 4.78 is 19.1. The van der Waals surface area contributed by atoms with Crippen LogP contribution in [0.25, 0.3) is 0 Å². The number of nitrogens with one attached hydrogen (secondary N) is 2. The summed E-state index contributed by atoms with van der Waals surface area (Å²) in [5.74, 6) is -0.849. The summed E-state index contributed by atoms with van der Waals surface area (Å²) in [5.41, 5.74) is 1.68. The van der Waals surface area contributed by atoms with Crippen LogP contribution in [-0.4, -0.2) is 37.2 Å². The highest BCUT2D eigenvalue weighted by atomic mass is 19.1. The maximum absolute atomic E-state index is 13.8. The molecule has 0 atom stereocenters. The molecular formula is C16H15FN4O2. The number of hydrogen-bond acceptors (Lipinski definition) is 4. The van der Waals surface area contributed by atoms with E-state index in [0.717, 1.165) is 0 Å². The Balaban J connectivity index is 1.78. The molecule has 0 saturated carbocycles. The Labute approximate surface area is 132 Å². The number of aromatic nitrogens is 1. The van der Waals surface area contributed by atoms with Gasteiger partial charge in [-0.2, -0.15) is 5.26 Å². The van der Waals surface area contributed by atoms with Crippen LogP contribution in [0.5, 0.6) is 0 Å². The molecule has 2 N–H and O–H groups in total. The number of amides is 1. The monoisotopic (exact) mass is 314 g/mol. The summed E-state index contributed by atoms with van der Waals surface area (Å²) in [6, 6.07) is 7.80. The molecule has 1 aromatic heterocycles. The van der Waals surface area contributed by atoms with Crippen LogP contribution in [0.15, 0.2) is 30.5 Å². The van der Waals surface area contributed by atoms with E-state index < -0.39 is 11.7 Å². The van der Waals surface area contributed by atoms with Crippen LogP contribution in [0.4, 0.5) is 15.8 Å². The smallest absolute Gasteiger partial charge is 0.272 e. The lowest BCUT2D eigenvalue weighted by molar-refractivity contribution is 0.102. The predicted octanol–water partition coefficient (Wildman–Crippen LogP) is 2.11. The number of aromatic amines is 1. The van der Waals surface area contributed by atoms with Crippen molar-refractivity contribution in [2.45, 2.75) is 0 Å². The average molecular weight is 314 g/mol. The third-order valence-corrected chi connectivity index (χ3v) is 3.57. The van der Waals surface area contributed by atoms with Gasteiger partial charge in [0.2, 0.25) is 0 Å². The SMILES string of the molecule is N#Cc1c[nH]c(C(=O)Nc2cc(F)cc(N3CCOCC3)c2)c1. The third kappa shape index (κ3) is 3.49. The molecule has 1 fully saturated rings. The van der Waals surface area contributed by atoms with Gasteiger partial charge in [0.15, 0.2) is 0 Å². The van der Waals surface area contributed by atoms with Crippen LogP contribution in [-0.2, 0) is 4.74 Å². The van der Waals surface area contributed by atoms with Crippen molar-refractivity contribution in [3.63, 3.8) is 0 Å². The van der Waals surface area contributed by atoms with Crippen molar-refractivity contribution in [1.29, 1.82) is 5.26 Å². The molecule has 0 unspecified atom stereocenters. The van der Waals surface area contributed by atoms with E-state index in [1.807, 2.05) is 11.0 Å². The van der Waals surface area contributed by atoms with Crippen molar-refractivity contribution in [2.75, 3.05) is 36.5 Å². The Morgan fingerprint density at radius 2 is 2.09 bits per heavy atom. The first-order chi connectivity index (χ1) is 11.2. The van der Waals surface area contributed by atoms with E-state index in [1.54, 1.807) is 6.07 Å². The number of benzene rings is 1. The number of ether oxygens (including phenoxy) is 1. The molecule has 1 aliphatic heterocycles. The fourth-order valence-electron chi connectivity index (χ4n) is 2.44. The van der Waals surface area contributed by atoms with Gasteiger partial charge in [-0.05, 0) is 24.3 Å². The summed E-state index contributed by atoms with van der Waals surface area (Å²) in [6.45, 7) is 2.55. The summed E-state index contributed by atoms with van der Waals surface area (Å²) >= 11 is 0. The number of nitriles is 1. The van der Waals surface area contributed by atoms with Crippen molar-refractivity contribution in [3.05, 3.63) is 47.5 Å². The molecule has 0 radical (unpaired) electrons. The van der Waals surface area contributed by atoms with Crippen molar-refractivity contribution < 1.29 is 13.9 Å². The molecule has 1 aromatic carbocycles. The first-order valence-corrected chi connectivity index (χ1v) is 7.19. The zero-order chi connectivity index (χ0) is 16.2. The molecule has 2 aromatic rings. The molecule has 1 aliphatic rings. The fourth-order valence-corrected chi connectivity index (χ4v) is 2.44. The molecule has 0 aliphatic carbocycles. The van der Waals surface area contributed by atoms with Crippen molar-refractivity contribution in [3.8, 4) is 6.07 Å². The van der Waals surface area contributed by atoms with Crippen molar-refractivity contribution >= 4 is 17.3 Å². The van der Waals surface area contributed by atoms with E-state index in [2.05, 4.69) is 10.3 Å². The average Bonchev–Trinajstić information content (AvgIpc) is 3.04. The Morgan fingerprint density at radius 1 is 1.30 bits per heavy atom. The number of anilines is 2. The van der Waals surface area contributed by atoms with E-state index in [1.165, 1.54) is 24.4 Å². The largest absolute Gasteiger partial charge is 0.378 e. The van der Waals surface area contributed by atoms with Gasteiger partial charge in [-0.1, -0.05) is 0 Å². The van der Waals surface area contributed by atoms with E-state index in [9.17, 15) is 9.18 Å². The molecule has 3 rings (SSSR count). The molecule has 2 heterocycles. The summed E-state index contributed by atoms with van der Waals surface area (Å²) in [4.78, 5) is 16.9. The summed E-state index contributed by atoms with van der Waals surface area (Å²) in [5, 5.41) is 11.4. The van der Waals surface area contributed by atoms with E-state index in [0.29, 0.717) is 43.2 Å². The zero-order valence-electron chi connectivity index (χ0n) is 12.3. The van der Waals surface area contributed by atoms with Crippen molar-refractivity contribution in [2.24, 2.45) is 0 Å². The van der Waals surface area contributed by atoms with Gasteiger partial charge < -0.3 is 19.9 Å². The lowest BCUT2D eigenvalue weighted by atomic mass is 10.2. The number of nitrogens with zero attached hydrogens (tertiary/aromatic N) is 2. The maximum atomic E-state index is 13.8. The first-order valence-electron chi connectivity index (χ1n) is 7.19. The highest BCUT2D eigenvalue weighted by Gasteiger charge is 2.15. The van der Waals surface area contributed by atoms with Crippen LogP contribution in [0.3, 0.4) is 0 Å². The highest BCUT2D eigenvalue weighted by molar-refractivity contribution is 6.03. The van der Waals surface area contributed by atoms with Gasteiger partial charge in [-0.25, -0.2) is 4.39 Å². The quantitative estimate of drug-likeness (QED) is 0.909. The Kier molecular flexibility index (Phi) is 4.26. The van der Waals surface area contributed by atoms with Crippen LogP contribution in [0.2, 0.25) is 0 Å². The number of hydrogen-bond donors (Lipinski definition) is 2. The maximum Gasteiger partial charge on any atom is 0.272 e. The second-order valence-corrected chi connectivity index (χ2v) is 5.17. The Hall–Kier alpha value is -2.85. The number of rotatable bonds is 3. The molecule has 7 heteroatoms. The summed E-state index contributed by atoms with van der Waals surface area (Å²) in [6.07, 6.45) is 1.44. The second kappa shape index (κ2) is 6.50. The molecule has 118 valence electrons. The number of carbonyl (C=O) groups excluding carboxylic acids is 1.